The van der Waals surface area contributed by atoms with Crippen molar-refractivity contribution in [1.29, 1.82) is 0 Å². The van der Waals surface area contributed by atoms with E-state index in [1.165, 1.54) is 0 Å². The number of aryl methyl sites for hydroxylation is 1. The van der Waals surface area contributed by atoms with E-state index in [0.29, 0.717) is 6.04 Å². The Balaban J connectivity index is 2.09. The van der Waals surface area contributed by atoms with E-state index in [1.807, 2.05) is 24.1 Å². The average molecular weight is 244 g/mol. The summed E-state index contributed by atoms with van der Waals surface area (Å²) in [5.74, 6) is 0.840. The number of hydrogen-bond donors (Lipinski definition) is 1. The van der Waals surface area contributed by atoms with Crippen LogP contribution in [0, 0.1) is 0 Å². The van der Waals surface area contributed by atoms with Crippen molar-refractivity contribution in [2.24, 2.45) is 7.05 Å². The molecule has 6 heteroatoms. The van der Waals surface area contributed by atoms with Gasteiger partial charge in [-0.15, -0.1) is 0 Å². The zero-order valence-electron chi connectivity index (χ0n) is 10.8. The molecule has 3 rings (SSSR count). The molecule has 0 aliphatic heterocycles. The molecule has 18 heavy (non-hydrogen) atoms. The Morgan fingerprint density at radius 2 is 2.17 bits per heavy atom. The monoisotopic (exact) mass is 244 g/mol. The molecular formula is C12H16N6. The third kappa shape index (κ3) is 1.61. The van der Waals surface area contributed by atoms with Gasteiger partial charge >= 0.3 is 0 Å². The molecule has 3 heterocycles. The highest BCUT2D eigenvalue weighted by Gasteiger charge is 2.14. The van der Waals surface area contributed by atoms with E-state index >= 15 is 0 Å². The lowest BCUT2D eigenvalue weighted by molar-refractivity contribution is 0.490. The third-order valence-corrected chi connectivity index (χ3v) is 3.23. The second-order valence-electron chi connectivity index (χ2n) is 4.57. The van der Waals surface area contributed by atoms with E-state index in [-0.39, 0.29) is 0 Å². The molecule has 0 spiro atoms. The number of fused-ring (bicyclic) bond motifs is 1. The first-order valence-corrected chi connectivity index (χ1v) is 6.11. The number of aromatic amines is 1. The zero-order valence-corrected chi connectivity index (χ0v) is 10.8. The van der Waals surface area contributed by atoms with Crippen molar-refractivity contribution in [3.05, 3.63) is 18.6 Å². The van der Waals surface area contributed by atoms with Gasteiger partial charge in [0, 0.05) is 13.2 Å². The minimum absolute atomic E-state index is 0.354. The van der Waals surface area contributed by atoms with Gasteiger partial charge in [-0.25, -0.2) is 9.67 Å². The van der Waals surface area contributed by atoms with E-state index < -0.39 is 0 Å². The van der Waals surface area contributed by atoms with Gasteiger partial charge in [-0.2, -0.15) is 10.2 Å². The number of aromatic nitrogens is 6. The van der Waals surface area contributed by atoms with Crippen LogP contribution in [0.2, 0.25) is 0 Å². The summed E-state index contributed by atoms with van der Waals surface area (Å²) in [6.45, 7) is 4.29. The second-order valence-corrected chi connectivity index (χ2v) is 4.57. The molecule has 3 aromatic heterocycles. The normalized spacial score (nSPS) is 13.3. The topological polar surface area (TPSA) is 64.3 Å². The first-order chi connectivity index (χ1) is 8.69. The van der Waals surface area contributed by atoms with E-state index in [2.05, 4.69) is 34.0 Å². The highest BCUT2D eigenvalue weighted by Crippen LogP contribution is 2.22. The lowest BCUT2D eigenvalue weighted by Gasteiger charge is -2.08. The number of rotatable bonds is 3. The van der Waals surface area contributed by atoms with Crippen LogP contribution in [-0.4, -0.2) is 29.5 Å². The van der Waals surface area contributed by atoms with Gasteiger partial charge in [-0.05, 0) is 13.3 Å². The van der Waals surface area contributed by atoms with Crippen LogP contribution in [0.4, 0.5) is 0 Å². The van der Waals surface area contributed by atoms with Crippen LogP contribution in [0.1, 0.15) is 26.3 Å². The fourth-order valence-corrected chi connectivity index (χ4v) is 1.99. The molecule has 0 aliphatic carbocycles. The Labute approximate surface area is 105 Å². The van der Waals surface area contributed by atoms with Gasteiger partial charge in [0.15, 0.2) is 5.65 Å². The van der Waals surface area contributed by atoms with E-state index in [4.69, 9.17) is 0 Å². The fraction of sp³-hybridized carbons (Fsp3) is 0.417. The van der Waals surface area contributed by atoms with Crippen LogP contribution in [-0.2, 0) is 7.05 Å². The first kappa shape index (κ1) is 11.0. The van der Waals surface area contributed by atoms with E-state index in [1.54, 1.807) is 10.9 Å². The molecule has 0 bridgehead atoms. The van der Waals surface area contributed by atoms with Gasteiger partial charge < -0.3 is 4.98 Å². The summed E-state index contributed by atoms with van der Waals surface area (Å²) in [6.07, 6.45) is 6.61. The minimum Gasteiger partial charge on any atom is -0.335 e. The molecule has 0 fully saturated rings. The summed E-state index contributed by atoms with van der Waals surface area (Å²) in [5.41, 5.74) is 2.86. The fourth-order valence-electron chi connectivity index (χ4n) is 1.99. The van der Waals surface area contributed by atoms with Crippen LogP contribution in [0.25, 0.3) is 22.6 Å². The summed E-state index contributed by atoms with van der Waals surface area (Å²) < 4.78 is 3.73. The molecule has 0 amide bonds. The van der Waals surface area contributed by atoms with Gasteiger partial charge in [-0.1, -0.05) is 6.92 Å². The second kappa shape index (κ2) is 3.97. The summed E-state index contributed by atoms with van der Waals surface area (Å²) in [4.78, 5) is 7.89. The summed E-state index contributed by atoms with van der Waals surface area (Å²) in [6, 6.07) is 0.354. The maximum absolute atomic E-state index is 4.62. The quantitative estimate of drug-likeness (QED) is 0.767. The molecule has 3 aromatic rings. The Morgan fingerprint density at radius 1 is 1.33 bits per heavy atom. The summed E-state index contributed by atoms with van der Waals surface area (Å²) >= 11 is 0. The van der Waals surface area contributed by atoms with Crippen molar-refractivity contribution >= 4 is 11.2 Å². The minimum atomic E-state index is 0.354. The van der Waals surface area contributed by atoms with Crippen molar-refractivity contribution in [3.63, 3.8) is 0 Å². The molecule has 0 saturated carbocycles. The highest BCUT2D eigenvalue weighted by atomic mass is 15.3. The molecule has 0 aliphatic rings. The van der Waals surface area contributed by atoms with Crippen LogP contribution in [0.15, 0.2) is 18.6 Å². The standard InChI is InChI=1S/C12H16N6/c1-4-8(2)18-12-10(6-14-18)15-11(16-12)9-5-13-17(3)7-9/h5-8H,4H2,1-3H3,(H,15,16)/t8-/m0/s1. The molecular weight excluding hydrogens is 228 g/mol. The maximum atomic E-state index is 4.62. The Morgan fingerprint density at radius 3 is 2.83 bits per heavy atom. The van der Waals surface area contributed by atoms with Gasteiger partial charge in [-0.3, -0.25) is 4.68 Å². The van der Waals surface area contributed by atoms with E-state index in [0.717, 1.165) is 29.0 Å². The number of hydrogen-bond acceptors (Lipinski definition) is 3. The number of H-pyrrole nitrogens is 1. The van der Waals surface area contributed by atoms with Crippen molar-refractivity contribution < 1.29 is 0 Å². The molecule has 0 aromatic carbocycles. The van der Waals surface area contributed by atoms with Crippen LogP contribution < -0.4 is 0 Å². The molecule has 1 N–H and O–H groups in total. The molecule has 0 unspecified atom stereocenters. The lowest BCUT2D eigenvalue weighted by Crippen LogP contribution is -2.05. The average Bonchev–Trinajstić information content (AvgIpc) is 3.01. The van der Waals surface area contributed by atoms with Crippen molar-refractivity contribution in [2.75, 3.05) is 0 Å². The molecule has 6 nitrogen and oxygen atoms in total. The number of nitrogens with zero attached hydrogens (tertiary/aromatic N) is 5. The molecule has 0 saturated heterocycles. The van der Waals surface area contributed by atoms with Gasteiger partial charge in [0.1, 0.15) is 11.3 Å². The Bertz CT molecular complexity index is 674. The Hall–Kier alpha value is -2.11. The maximum Gasteiger partial charge on any atom is 0.177 e. The Kier molecular flexibility index (Phi) is 2.43. The van der Waals surface area contributed by atoms with Gasteiger partial charge in [0.2, 0.25) is 0 Å². The first-order valence-electron chi connectivity index (χ1n) is 6.11. The van der Waals surface area contributed by atoms with Crippen molar-refractivity contribution in [3.8, 4) is 11.4 Å². The predicted octanol–water partition coefficient (Wildman–Crippen LogP) is 2.13. The predicted molar refractivity (Wildman–Crippen MR) is 69.1 cm³/mol. The van der Waals surface area contributed by atoms with Crippen molar-refractivity contribution in [2.45, 2.75) is 26.3 Å². The summed E-state index contributed by atoms with van der Waals surface area (Å²) in [7, 11) is 1.90. The molecule has 0 radical (unpaired) electrons. The smallest absolute Gasteiger partial charge is 0.177 e. The van der Waals surface area contributed by atoms with Crippen LogP contribution >= 0.6 is 0 Å². The zero-order chi connectivity index (χ0) is 12.7. The largest absolute Gasteiger partial charge is 0.335 e. The lowest BCUT2D eigenvalue weighted by atomic mass is 10.3. The van der Waals surface area contributed by atoms with Crippen molar-refractivity contribution in [1.82, 2.24) is 29.5 Å². The van der Waals surface area contributed by atoms with Gasteiger partial charge in [0.05, 0.1) is 24.0 Å². The number of imidazole rings is 1. The third-order valence-electron chi connectivity index (χ3n) is 3.23. The van der Waals surface area contributed by atoms with Gasteiger partial charge in [0.25, 0.3) is 0 Å². The van der Waals surface area contributed by atoms with Crippen LogP contribution in [0.5, 0.6) is 0 Å². The summed E-state index contributed by atoms with van der Waals surface area (Å²) in [5, 5.41) is 8.52. The van der Waals surface area contributed by atoms with Crippen LogP contribution in [0.3, 0.4) is 0 Å². The highest BCUT2D eigenvalue weighted by molar-refractivity contribution is 5.75. The molecule has 94 valence electrons. The SMILES string of the molecule is CC[C@H](C)n1ncc2[nH]c(-c3cnn(C)c3)nc21. The number of nitrogens with one attached hydrogen (secondary N) is 1. The van der Waals surface area contributed by atoms with E-state index in [9.17, 15) is 0 Å². The molecule has 1 atom stereocenters.